The second-order valence-electron chi connectivity index (χ2n) is 7.38. The lowest BCUT2D eigenvalue weighted by atomic mass is 10.0. The highest BCUT2D eigenvalue weighted by molar-refractivity contribution is 8.00. The first-order valence-corrected chi connectivity index (χ1v) is 11.7. The molecule has 0 aliphatic carbocycles. The van der Waals surface area contributed by atoms with Crippen LogP contribution in [0.3, 0.4) is 0 Å². The summed E-state index contributed by atoms with van der Waals surface area (Å²) in [6.07, 6.45) is 1.76. The number of carbonyl (C=O) groups excluding carboxylic acids is 1. The van der Waals surface area contributed by atoms with Crippen LogP contribution < -0.4 is 9.47 Å². The van der Waals surface area contributed by atoms with Crippen molar-refractivity contribution in [2.75, 3.05) is 12.4 Å². The molecule has 6 nitrogen and oxygen atoms in total. The SMILES string of the molecule is Cc1cc(OCCC(C)Oc2ncc(Cl)cc2C(=O)c2ccccc2)ccc1SCC(=O)O. The van der Waals surface area contributed by atoms with Gasteiger partial charge >= 0.3 is 5.97 Å². The first kappa shape index (κ1) is 24.6. The topological polar surface area (TPSA) is 85.7 Å². The Kier molecular flexibility index (Phi) is 8.74. The number of aliphatic carboxylic acids is 1. The van der Waals surface area contributed by atoms with Crippen molar-refractivity contribution in [2.24, 2.45) is 0 Å². The third-order valence-corrected chi connectivity index (χ3v) is 6.07. The van der Waals surface area contributed by atoms with Gasteiger partial charge in [-0.25, -0.2) is 4.98 Å². The van der Waals surface area contributed by atoms with E-state index in [9.17, 15) is 9.59 Å². The van der Waals surface area contributed by atoms with Gasteiger partial charge in [-0.2, -0.15) is 0 Å². The number of carboxylic acid groups (broad SMARTS) is 1. The minimum Gasteiger partial charge on any atom is -0.493 e. The number of benzene rings is 2. The number of ether oxygens (including phenoxy) is 2. The average molecular weight is 486 g/mol. The fraction of sp³-hybridized carbons (Fsp3) is 0.240. The summed E-state index contributed by atoms with van der Waals surface area (Å²) >= 11 is 7.35. The van der Waals surface area contributed by atoms with E-state index in [1.165, 1.54) is 18.0 Å². The van der Waals surface area contributed by atoms with Gasteiger partial charge in [0.05, 0.1) is 22.9 Å². The Balaban J connectivity index is 1.58. The molecule has 0 amide bonds. The Hall–Kier alpha value is -3.03. The molecule has 3 rings (SSSR count). The zero-order valence-corrected chi connectivity index (χ0v) is 19.9. The van der Waals surface area contributed by atoms with Crippen molar-refractivity contribution >= 4 is 35.1 Å². The minimum atomic E-state index is -0.850. The highest BCUT2D eigenvalue weighted by Gasteiger charge is 2.18. The molecule has 2 aromatic carbocycles. The molecule has 0 saturated heterocycles. The number of thioether (sulfide) groups is 1. The minimum absolute atomic E-state index is 0.0173. The van der Waals surface area contributed by atoms with Crippen LogP contribution in [0.15, 0.2) is 65.7 Å². The van der Waals surface area contributed by atoms with Crippen LogP contribution in [0.4, 0.5) is 0 Å². The van der Waals surface area contributed by atoms with E-state index in [1.807, 2.05) is 38.1 Å². The molecule has 0 aliphatic heterocycles. The molecule has 172 valence electrons. The van der Waals surface area contributed by atoms with Gasteiger partial charge in [0.25, 0.3) is 0 Å². The Morgan fingerprint density at radius 3 is 2.61 bits per heavy atom. The Bertz CT molecular complexity index is 1120. The maximum Gasteiger partial charge on any atom is 0.313 e. The van der Waals surface area contributed by atoms with Crippen LogP contribution in [-0.4, -0.2) is 40.3 Å². The molecule has 1 aromatic heterocycles. The van der Waals surface area contributed by atoms with Gasteiger partial charge in [0.2, 0.25) is 5.88 Å². The first-order valence-electron chi connectivity index (χ1n) is 10.3. The van der Waals surface area contributed by atoms with Crippen molar-refractivity contribution in [2.45, 2.75) is 31.3 Å². The van der Waals surface area contributed by atoms with E-state index in [4.69, 9.17) is 26.2 Å². The summed E-state index contributed by atoms with van der Waals surface area (Å²) in [7, 11) is 0. The van der Waals surface area contributed by atoms with E-state index in [-0.39, 0.29) is 23.5 Å². The second-order valence-corrected chi connectivity index (χ2v) is 8.83. The van der Waals surface area contributed by atoms with Crippen molar-refractivity contribution in [3.63, 3.8) is 0 Å². The molecule has 8 heteroatoms. The highest BCUT2D eigenvalue weighted by atomic mass is 35.5. The molecule has 0 fully saturated rings. The molecule has 0 spiro atoms. The van der Waals surface area contributed by atoms with Crippen molar-refractivity contribution in [3.8, 4) is 11.6 Å². The summed E-state index contributed by atoms with van der Waals surface area (Å²) in [6, 6.07) is 16.0. The standard InChI is InChI=1S/C25H24ClNO5S/c1-16-12-20(8-9-22(16)33-15-23(28)29)31-11-10-17(2)32-25-21(13-19(26)14-27-25)24(30)18-6-4-3-5-7-18/h3-9,12-14,17H,10-11,15H2,1-2H3,(H,28,29). The van der Waals surface area contributed by atoms with Crippen LogP contribution >= 0.6 is 23.4 Å². The molecule has 0 saturated carbocycles. The quantitative estimate of drug-likeness (QED) is 0.276. The van der Waals surface area contributed by atoms with Crippen LogP contribution in [-0.2, 0) is 4.79 Å². The molecule has 3 aromatic rings. The van der Waals surface area contributed by atoms with Gasteiger partial charge in [0, 0.05) is 23.1 Å². The summed E-state index contributed by atoms with van der Waals surface area (Å²) in [5, 5.41) is 9.19. The predicted molar refractivity (Wildman–Crippen MR) is 129 cm³/mol. The molecule has 0 radical (unpaired) electrons. The molecule has 33 heavy (non-hydrogen) atoms. The van der Waals surface area contributed by atoms with E-state index in [2.05, 4.69) is 4.98 Å². The van der Waals surface area contributed by atoms with E-state index in [0.717, 1.165) is 10.5 Å². The largest absolute Gasteiger partial charge is 0.493 e. The Morgan fingerprint density at radius 2 is 1.91 bits per heavy atom. The van der Waals surface area contributed by atoms with E-state index >= 15 is 0 Å². The molecular weight excluding hydrogens is 462 g/mol. The summed E-state index contributed by atoms with van der Waals surface area (Å²) in [5.41, 5.74) is 1.80. The maximum absolute atomic E-state index is 12.9. The number of hydrogen-bond donors (Lipinski definition) is 1. The van der Waals surface area contributed by atoms with Crippen LogP contribution in [0.2, 0.25) is 5.02 Å². The van der Waals surface area contributed by atoms with Crippen molar-refractivity contribution in [1.82, 2.24) is 4.98 Å². The number of hydrogen-bond acceptors (Lipinski definition) is 6. The summed E-state index contributed by atoms with van der Waals surface area (Å²) in [5.74, 6) is -0.109. The number of rotatable bonds is 11. The molecule has 0 bridgehead atoms. The first-order chi connectivity index (χ1) is 15.8. The molecule has 1 N–H and O–H groups in total. The smallest absolute Gasteiger partial charge is 0.313 e. The lowest BCUT2D eigenvalue weighted by Gasteiger charge is -2.17. The summed E-state index contributed by atoms with van der Waals surface area (Å²) in [4.78, 5) is 28.8. The number of pyridine rings is 1. The number of aryl methyl sites for hydroxylation is 1. The lowest BCUT2D eigenvalue weighted by molar-refractivity contribution is -0.133. The van der Waals surface area contributed by atoms with Crippen LogP contribution in [0.5, 0.6) is 11.6 Å². The number of carbonyl (C=O) groups is 2. The number of aromatic nitrogens is 1. The zero-order chi connectivity index (χ0) is 23.8. The average Bonchev–Trinajstić information content (AvgIpc) is 2.79. The van der Waals surface area contributed by atoms with Crippen molar-refractivity contribution in [1.29, 1.82) is 0 Å². The fourth-order valence-electron chi connectivity index (χ4n) is 3.03. The van der Waals surface area contributed by atoms with Gasteiger partial charge in [-0.3, -0.25) is 9.59 Å². The normalized spacial score (nSPS) is 11.6. The third-order valence-electron chi connectivity index (χ3n) is 4.70. The monoisotopic (exact) mass is 485 g/mol. The molecule has 0 aliphatic rings. The van der Waals surface area contributed by atoms with Gasteiger partial charge in [0.15, 0.2) is 5.78 Å². The number of carboxylic acids is 1. The van der Waals surface area contributed by atoms with Gasteiger partial charge < -0.3 is 14.6 Å². The van der Waals surface area contributed by atoms with E-state index < -0.39 is 5.97 Å². The number of halogens is 1. The third kappa shape index (κ3) is 7.23. The maximum atomic E-state index is 12.9. The summed E-state index contributed by atoms with van der Waals surface area (Å²) in [6.45, 7) is 4.20. The molecule has 1 unspecified atom stereocenters. The van der Waals surface area contributed by atoms with Crippen LogP contribution in [0, 0.1) is 6.92 Å². The van der Waals surface area contributed by atoms with Crippen LogP contribution in [0.25, 0.3) is 0 Å². The number of ketones is 1. The van der Waals surface area contributed by atoms with E-state index in [0.29, 0.717) is 34.9 Å². The molecular formula is C25H24ClNO5S. The van der Waals surface area contributed by atoms with Gasteiger partial charge in [-0.15, -0.1) is 11.8 Å². The Labute approximate surface area is 201 Å². The lowest BCUT2D eigenvalue weighted by Crippen LogP contribution is -2.18. The van der Waals surface area contributed by atoms with Gasteiger partial charge in [0.1, 0.15) is 11.9 Å². The van der Waals surface area contributed by atoms with Gasteiger partial charge in [-0.1, -0.05) is 41.9 Å². The van der Waals surface area contributed by atoms with Crippen LogP contribution in [0.1, 0.15) is 34.8 Å². The Morgan fingerprint density at radius 1 is 1.15 bits per heavy atom. The van der Waals surface area contributed by atoms with E-state index in [1.54, 1.807) is 30.3 Å². The van der Waals surface area contributed by atoms with Crippen molar-refractivity contribution in [3.05, 3.63) is 82.5 Å². The van der Waals surface area contributed by atoms with Gasteiger partial charge in [-0.05, 0) is 43.7 Å². The number of nitrogens with zero attached hydrogens (tertiary/aromatic N) is 1. The molecule has 1 atom stereocenters. The zero-order valence-electron chi connectivity index (χ0n) is 18.3. The summed E-state index contributed by atoms with van der Waals surface area (Å²) < 4.78 is 11.8. The fourth-order valence-corrected chi connectivity index (χ4v) is 3.92. The second kappa shape index (κ2) is 11.7. The predicted octanol–water partition coefficient (Wildman–Crippen LogP) is 5.69. The van der Waals surface area contributed by atoms with Crippen molar-refractivity contribution < 1.29 is 24.2 Å². The highest BCUT2D eigenvalue weighted by Crippen LogP contribution is 2.27. The molecule has 1 heterocycles.